The van der Waals surface area contributed by atoms with Gasteiger partial charge in [-0.3, -0.25) is 4.90 Å². The predicted molar refractivity (Wildman–Crippen MR) is 211 cm³/mol. The van der Waals surface area contributed by atoms with Crippen LogP contribution in [0.4, 0.5) is 0 Å². The summed E-state index contributed by atoms with van der Waals surface area (Å²) < 4.78 is 11.9. The van der Waals surface area contributed by atoms with Crippen molar-refractivity contribution in [2.75, 3.05) is 38.9 Å². The van der Waals surface area contributed by atoms with Gasteiger partial charge in [0.25, 0.3) is 0 Å². The molecule has 46 heavy (non-hydrogen) atoms. The molecule has 0 aromatic heterocycles. The summed E-state index contributed by atoms with van der Waals surface area (Å²) in [5.74, 6) is 0. The minimum Gasteiger partial charge on any atom is -0.395 e. The standard InChI is InChI=1S/C40H81NO3P2/c1-3-5-7-9-11-13-15-17-19-21-23-25-27-29-31-33-37-43-45-39-41(35-36-42)40-46-44-38-34-32-30-28-26-24-22-20-18-16-14-12-10-8-6-4-2/h17-20,42,45-46H,3-16,21-40H2,1-2H3/b19-17-,20-18-. The van der Waals surface area contributed by atoms with Crippen LogP contribution in [0.25, 0.3) is 0 Å². The fraction of sp³-hybridized carbons (Fsp3) is 0.900. The Bertz CT molecular complexity index is 557. The zero-order valence-corrected chi connectivity index (χ0v) is 33.1. The number of hydrogen-bond donors (Lipinski definition) is 1. The van der Waals surface area contributed by atoms with Crippen LogP contribution in [0.3, 0.4) is 0 Å². The molecule has 1 N–H and O–H groups in total. The van der Waals surface area contributed by atoms with Gasteiger partial charge in [-0.05, 0) is 64.2 Å². The largest absolute Gasteiger partial charge is 0.395 e. The van der Waals surface area contributed by atoms with E-state index in [1.54, 1.807) is 0 Å². The highest BCUT2D eigenvalue weighted by molar-refractivity contribution is 7.33. The molecule has 0 spiro atoms. The maximum Gasteiger partial charge on any atom is 0.0558 e. The lowest BCUT2D eigenvalue weighted by molar-refractivity contribution is 0.225. The van der Waals surface area contributed by atoms with E-state index in [0.717, 1.165) is 32.3 Å². The second-order valence-electron chi connectivity index (χ2n) is 13.3. The zero-order valence-electron chi connectivity index (χ0n) is 31.1. The molecule has 0 aromatic rings. The van der Waals surface area contributed by atoms with Gasteiger partial charge in [0.15, 0.2) is 0 Å². The number of allylic oxidation sites excluding steroid dienone is 4. The average Bonchev–Trinajstić information content (AvgIpc) is 3.06. The summed E-state index contributed by atoms with van der Waals surface area (Å²) in [6.07, 6.45) is 49.0. The maximum absolute atomic E-state index is 9.43. The molecule has 0 aromatic carbocycles. The summed E-state index contributed by atoms with van der Waals surface area (Å²) in [5, 5.41) is 9.43. The monoisotopic (exact) mass is 686 g/mol. The van der Waals surface area contributed by atoms with E-state index in [1.807, 2.05) is 0 Å². The fourth-order valence-corrected chi connectivity index (χ4v) is 7.51. The quantitative estimate of drug-likeness (QED) is 0.0396. The van der Waals surface area contributed by atoms with Gasteiger partial charge in [-0.1, -0.05) is 154 Å². The first kappa shape index (κ1) is 46.2. The number of nitrogens with zero attached hydrogens (tertiary/aromatic N) is 1. The van der Waals surface area contributed by atoms with Gasteiger partial charge in [-0.2, -0.15) is 0 Å². The lowest BCUT2D eigenvalue weighted by Crippen LogP contribution is -2.25. The summed E-state index contributed by atoms with van der Waals surface area (Å²) >= 11 is 0. The van der Waals surface area contributed by atoms with Crippen molar-refractivity contribution in [1.29, 1.82) is 0 Å². The summed E-state index contributed by atoms with van der Waals surface area (Å²) in [5.41, 5.74) is 0. The number of aliphatic hydroxyl groups excluding tert-OH is 1. The molecule has 0 rings (SSSR count). The van der Waals surface area contributed by atoms with E-state index in [-0.39, 0.29) is 6.61 Å². The number of hydrogen-bond acceptors (Lipinski definition) is 4. The molecule has 0 radical (unpaired) electrons. The molecular weight excluding hydrogens is 604 g/mol. The Morgan fingerprint density at radius 3 is 1.07 bits per heavy atom. The highest BCUT2D eigenvalue weighted by Gasteiger charge is 2.05. The Morgan fingerprint density at radius 1 is 0.435 bits per heavy atom. The molecular formula is C40H81NO3P2. The van der Waals surface area contributed by atoms with Crippen LogP contribution < -0.4 is 0 Å². The normalized spacial score (nSPS) is 12.6. The lowest BCUT2D eigenvalue weighted by Gasteiger charge is -2.20. The second-order valence-corrected chi connectivity index (χ2v) is 15.1. The highest BCUT2D eigenvalue weighted by atomic mass is 31.1. The van der Waals surface area contributed by atoms with Crippen LogP contribution >= 0.6 is 17.6 Å². The van der Waals surface area contributed by atoms with Crippen molar-refractivity contribution in [2.24, 2.45) is 0 Å². The molecule has 0 fully saturated rings. The molecule has 0 saturated carbocycles. The van der Waals surface area contributed by atoms with Crippen LogP contribution in [0.1, 0.15) is 194 Å². The van der Waals surface area contributed by atoms with Crippen molar-refractivity contribution in [3.8, 4) is 0 Å². The minimum absolute atomic E-state index is 0.207. The molecule has 6 heteroatoms. The van der Waals surface area contributed by atoms with Gasteiger partial charge in [0.1, 0.15) is 0 Å². The number of rotatable bonds is 40. The topological polar surface area (TPSA) is 41.9 Å². The molecule has 0 bridgehead atoms. The molecule has 4 nitrogen and oxygen atoms in total. The van der Waals surface area contributed by atoms with E-state index in [0.29, 0.717) is 17.6 Å². The summed E-state index contributed by atoms with van der Waals surface area (Å²) in [6, 6.07) is 0. The van der Waals surface area contributed by atoms with E-state index >= 15 is 0 Å². The molecule has 0 aliphatic heterocycles. The highest BCUT2D eigenvalue weighted by Crippen LogP contribution is 2.21. The van der Waals surface area contributed by atoms with Gasteiger partial charge < -0.3 is 14.2 Å². The van der Waals surface area contributed by atoms with Crippen molar-refractivity contribution >= 4 is 17.6 Å². The zero-order chi connectivity index (χ0) is 33.3. The van der Waals surface area contributed by atoms with Crippen LogP contribution in [0, 0.1) is 0 Å². The third-order valence-electron chi connectivity index (χ3n) is 8.71. The Morgan fingerprint density at radius 2 is 0.739 bits per heavy atom. The Hall–Kier alpha value is 0.180. The maximum atomic E-state index is 9.43. The van der Waals surface area contributed by atoms with E-state index < -0.39 is 0 Å². The minimum atomic E-state index is 0.207. The second kappa shape index (κ2) is 43.2. The van der Waals surface area contributed by atoms with E-state index in [4.69, 9.17) is 9.05 Å². The van der Waals surface area contributed by atoms with E-state index in [2.05, 4.69) is 43.1 Å². The van der Waals surface area contributed by atoms with Crippen LogP contribution in [0.5, 0.6) is 0 Å². The molecule has 2 atom stereocenters. The molecule has 0 aliphatic rings. The van der Waals surface area contributed by atoms with Crippen LogP contribution in [-0.2, 0) is 9.05 Å². The first-order valence-electron chi connectivity index (χ1n) is 20.2. The first-order valence-corrected chi connectivity index (χ1v) is 22.4. The molecule has 2 unspecified atom stereocenters. The molecule has 0 aliphatic carbocycles. The summed E-state index contributed by atoms with van der Waals surface area (Å²) in [6.45, 7) is 7.25. The van der Waals surface area contributed by atoms with E-state index in [9.17, 15) is 5.11 Å². The van der Waals surface area contributed by atoms with Gasteiger partial charge in [-0.25, -0.2) is 0 Å². The van der Waals surface area contributed by atoms with Gasteiger partial charge in [0.2, 0.25) is 0 Å². The molecule has 274 valence electrons. The van der Waals surface area contributed by atoms with Crippen molar-refractivity contribution in [2.45, 2.75) is 194 Å². The van der Waals surface area contributed by atoms with Gasteiger partial charge in [0.05, 0.1) is 19.8 Å². The fourth-order valence-electron chi connectivity index (χ4n) is 5.62. The third-order valence-corrected chi connectivity index (χ3v) is 10.7. The van der Waals surface area contributed by atoms with Gasteiger partial charge >= 0.3 is 0 Å². The van der Waals surface area contributed by atoms with Crippen molar-refractivity contribution in [1.82, 2.24) is 4.90 Å². The SMILES string of the molecule is CCCCCCCC/C=C\CCCCCCCCOPCN(CCO)CPOCCCCCCCC/C=C\CCCCCCCC. The molecule has 0 saturated heterocycles. The molecule has 0 heterocycles. The van der Waals surface area contributed by atoms with Crippen molar-refractivity contribution in [3.63, 3.8) is 0 Å². The average molecular weight is 686 g/mol. The third kappa shape index (κ3) is 40.4. The smallest absolute Gasteiger partial charge is 0.0558 e. The summed E-state index contributed by atoms with van der Waals surface area (Å²) in [7, 11) is 0.991. The Labute approximate surface area is 292 Å². The first-order chi connectivity index (χ1) is 22.8. The molecule has 0 amide bonds. The van der Waals surface area contributed by atoms with Crippen molar-refractivity contribution in [3.05, 3.63) is 24.3 Å². The summed E-state index contributed by atoms with van der Waals surface area (Å²) in [4.78, 5) is 2.29. The van der Waals surface area contributed by atoms with Crippen LogP contribution in [-0.4, -0.2) is 48.9 Å². The van der Waals surface area contributed by atoms with Crippen LogP contribution in [0.2, 0.25) is 0 Å². The number of unbranched alkanes of at least 4 members (excludes halogenated alkanes) is 24. The Kier molecular flexibility index (Phi) is 43.4. The number of aliphatic hydroxyl groups is 1. The van der Waals surface area contributed by atoms with Gasteiger partial charge in [-0.15, -0.1) is 0 Å². The van der Waals surface area contributed by atoms with Crippen LogP contribution in [0.15, 0.2) is 24.3 Å². The predicted octanol–water partition coefficient (Wildman–Crippen LogP) is 13.5. The van der Waals surface area contributed by atoms with Crippen molar-refractivity contribution < 1.29 is 14.2 Å². The van der Waals surface area contributed by atoms with Gasteiger partial charge in [0, 0.05) is 36.7 Å². The Balaban J connectivity index is 3.40. The lowest BCUT2D eigenvalue weighted by atomic mass is 10.1. The van der Waals surface area contributed by atoms with E-state index in [1.165, 1.54) is 180 Å².